The van der Waals surface area contributed by atoms with Gasteiger partial charge in [-0.15, -0.1) is 0 Å². The lowest BCUT2D eigenvalue weighted by Gasteiger charge is -2.32. The van der Waals surface area contributed by atoms with Gasteiger partial charge in [0, 0.05) is 38.8 Å². The SMILES string of the molecule is Cc1ccc(N(C)S(=O)(=O)c2cccc(C(=O)N(C)CCN(C)C3CCCCC3)c2)cc1. The summed E-state index contributed by atoms with van der Waals surface area (Å²) in [5.74, 6) is -0.169. The minimum atomic E-state index is -3.77. The van der Waals surface area contributed by atoms with Crippen LogP contribution < -0.4 is 4.31 Å². The molecule has 0 unspecified atom stereocenters. The van der Waals surface area contributed by atoms with Crippen molar-refractivity contribution in [2.24, 2.45) is 0 Å². The summed E-state index contributed by atoms with van der Waals surface area (Å²) in [5.41, 5.74) is 2.02. The molecule has 1 fully saturated rings. The van der Waals surface area contributed by atoms with E-state index in [1.165, 1.54) is 55.6 Å². The lowest BCUT2D eigenvalue weighted by molar-refractivity contribution is 0.0767. The summed E-state index contributed by atoms with van der Waals surface area (Å²) in [5, 5.41) is 0. The first kappa shape index (κ1) is 24.3. The number of nitrogens with zero attached hydrogens (tertiary/aromatic N) is 3. The summed E-state index contributed by atoms with van der Waals surface area (Å²) in [4.78, 5) is 17.1. The Bertz CT molecular complexity index is 1010. The fourth-order valence-corrected chi connectivity index (χ4v) is 5.42. The molecule has 0 aromatic heterocycles. The van der Waals surface area contributed by atoms with Crippen LogP contribution in [0, 0.1) is 6.92 Å². The van der Waals surface area contributed by atoms with Crippen molar-refractivity contribution in [2.45, 2.75) is 50.0 Å². The van der Waals surface area contributed by atoms with Crippen LogP contribution in [0.5, 0.6) is 0 Å². The molecular weight excluding hydrogens is 422 g/mol. The molecule has 1 aliphatic rings. The molecule has 0 heterocycles. The van der Waals surface area contributed by atoms with Gasteiger partial charge in [-0.05, 0) is 57.1 Å². The molecule has 1 saturated carbocycles. The molecule has 2 aromatic rings. The molecule has 32 heavy (non-hydrogen) atoms. The Labute approximate surface area is 192 Å². The molecule has 0 atom stereocenters. The third kappa shape index (κ3) is 5.70. The van der Waals surface area contributed by atoms with E-state index in [4.69, 9.17) is 0 Å². The van der Waals surface area contributed by atoms with E-state index in [1.807, 2.05) is 19.1 Å². The van der Waals surface area contributed by atoms with Crippen molar-refractivity contribution >= 4 is 21.6 Å². The lowest BCUT2D eigenvalue weighted by Crippen LogP contribution is -2.40. The van der Waals surface area contributed by atoms with Crippen LogP contribution in [0.4, 0.5) is 5.69 Å². The number of benzene rings is 2. The van der Waals surface area contributed by atoms with Gasteiger partial charge in [0.1, 0.15) is 0 Å². The number of likely N-dealkylation sites (N-methyl/N-ethyl adjacent to an activating group) is 2. The highest BCUT2D eigenvalue weighted by Crippen LogP contribution is 2.24. The van der Waals surface area contributed by atoms with E-state index in [9.17, 15) is 13.2 Å². The molecule has 1 amide bonds. The topological polar surface area (TPSA) is 60.9 Å². The Hall–Kier alpha value is -2.38. The molecule has 0 aliphatic heterocycles. The van der Waals surface area contributed by atoms with E-state index in [2.05, 4.69) is 11.9 Å². The number of anilines is 1. The zero-order valence-electron chi connectivity index (χ0n) is 19.6. The monoisotopic (exact) mass is 457 g/mol. The molecule has 7 heteroatoms. The average molecular weight is 458 g/mol. The van der Waals surface area contributed by atoms with Crippen molar-refractivity contribution < 1.29 is 13.2 Å². The highest BCUT2D eigenvalue weighted by molar-refractivity contribution is 7.92. The fourth-order valence-electron chi connectivity index (χ4n) is 4.18. The Morgan fingerprint density at radius 3 is 2.25 bits per heavy atom. The zero-order valence-corrected chi connectivity index (χ0v) is 20.4. The van der Waals surface area contributed by atoms with Gasteiger partial charge in [0.05, 0.1) is 10.6 Å². The first-order valence-electron chi connectivity index (χ1n) is 11.3. The number of carbonyl (C=O) groups excluding carboxylic acids is 1. The molecule has 174 valence electrons. The van der Waals surface area contributed by atoms with Crippen LogP contribution in [-0.2, 0) is 10.0 Å². The van der Waals surface area contributed by atoms with Crippen molar-refractivity contribution in [1.82, 2.24) is 9.80 Å². The van der Waals surface area contributed by atoms with Crippen molar-refractivity contribution in [3.63, 3.8) is 0 Å². The second kappa shape index (κ2) is 10.5. The molecule has 0 radical (unpaired) electrons. The predicted octanol–water partition coefficient (Wildman–Crippen LogP) is 4.16. The summed E-state index contributed by atoms with van der Waals surface area (Å²) in [6.07, 6.45) is 6.33. The van der Waals surface area contributed by atoms with Gasteiger partial charge in [-0.1, -0.05) is 43.0 Å². The lowest BCUT2D eigenvalue weighted by atomic mass is 9.94. The van der Waals surface area contributed by atoms with Gasteiger partial charge in [0.25, 0.3) is 15.9 Å². The van der Waals surface area contributed by atoms with Crippen LogP contribution in [-0.4, -0.2) is 64.4 Å². The maximum absolute atomic E-state index is 13.1. The van der Waals surface area contributed by atoms with Gasteiger partial charge < -0.3 is 9.80 Å². The number of aryl methyl sites for hydroxylation is 1. The molecule has 2 aromatic carbocycles. The van der Waals surface area contributed by atoms with E-state index < -0.39 is 10.0 Å². The van der Waals surface area contributed by atoms with E-state index in [0.717, 1.165) is 12.1 Å². The second-order valence-electron chi connectivity index (χ2n) is 8.84. The summed E-state index contributed by atoms with van der Waals surface area (Å²) in [7, 11) is 1.66. The average Bonchev–Trinajstić information content (AvgIpc) is 2.82. The van der Waals surface area contributed by atoms with Gasteiger partial charge in [-0.2, -0.15) is 0 Å². The highest BCUT2D eigenvalue weighted by Gasteiger charge is 2.24. The summed E-state index contributed by atoms with van der Waals surface area (Å²) < 4.78 is 27.5. The van der Waals surface area contributed by atoms with Crippen molar-refractivity contribution in [3.05, 3.63) is 59.7 Å². The standard InChI is InChI=1S/C25H35N3O3S/c1-20-13-15-23(16-14-20)28(4)32(30,31)24-12-8-9-21(19-24)25(29)27(3)18-17-26(2)22-10-6-5-7-11-22/h8-9,12-16,19,22H,5-7,10-11,17-18H2,1-4H3. The molecule has 0 bridgehead atoms. The summed E-state index contributed by atoms with van der Waals surface area (Å²) >= 11 is 0. The molecule has 1 aliphatic carbocycles. The number of hydrogen-bond acceptors (Lipinski definition) is 4. The maximum Gasteiger partial charge on any atom is 0.264 e. The van der Waals surface area contributed by atoms with E-state index in [-0.39, 0.29) is 10.8 Å². The first-order chi connectivity index (χ1) is 15.2. The quantitative estimate of drug-likeness (QED) is 0.597. The van der Waals surface area contributed by atoms with Crippen LogP contribution in [0.1, 0.15) is 48.0 Å². The smallest absolute Gasteiger partial charge is 0.264 e. The van der Waals surface area contributed by atoms with Crippen LogP contribution >= 0.6 is 0 Å². The number of sulfonamides is 1. The largest absolute Gasteiger partial charge is 0.340 e. The van der Waals surface area contributed by atoms with Crippen LogP contribution in [0.15, 0.2) is 53.4 Å². The molecule has 6 nitrogen and oxygen atoms in total. The molecule has 0 saturated heterocycles. The van der Waals surface area contributed by atoms with Crippen molar-refractivity contribution in [3.8, 4) is 0 Å². The van der Waals surface area contributed by atoms with Crippen molar-refractivity contribution in [2.75, 3.05) is 38.5 Å². The third-order valence-corrected chi connectivity index (χ3v) is 8.25. The van der Waals surface area contributed by atoms with Crippen LogP contribution in [0.2, 0.25) is 0 Å². The molecule has 0 spiro atoms. The van der Waals surface area contributed by atoms with Crippen LogP contribution in [0.3, 0.4) is 0 Å². The second-order valence-corrected chi connectivity index (χ2v) is 10.8. The molecule has 3 rings (SSSR count). The normalized spacial score (nSPS) is 15.0. The Morgan fingerprint density at radius 2 is 1.59 bits per heavy atom. The number of amides is 1. The predicted molar refractivity (Wildman–Crippen MR) is 130 cm³/mol. The minimum Gasteiger partial charge on any atom is -0.340 e. The number of rotatable bonds is 8. The van der Waals surface area contributed by atoms with Gasteiger partial charge in [-0.25, -0.2) is 8.42 Å². The Morgan fingerprint density at radius 1 is 0.938 bits per heavy atom. The first-order valence-corrected chi connectivity index (χ1v) is 12.8. The Kier molecular flexibility index (Phi) is 7.96. The molecule has 0 N–H and O–H groups in total. The van der Waals surface area contributed by atoms with Crippen LogP contribution in [0.25, 0.3) is 0 Å². The van der Waals surface area contributed by atoms with Gasteiger partial charge in [0.2, 0.25) is 0 Å². The Balaban J connectivity index is 1.68. The van der Waals surface area contributed by atoms with Gasteiger partial charge in [-0.3, -0.25) is 9.10 Å². The van der Waals surface area contributed by atoms with E-state index in [0.29, 0.717) is 23.8 Å². The van der Waals surface area contributed by atoms with Gasteiger partial charge in [0.15, 0.2) is 0 Å². The summed E-state index contributed by atoms with van der Waals surface area (Å²) in [6.45, 7) is 3.37. The number of hydrogen-bond donors (Lipinski definition) is 0. The maximum atomic E-state index is 13.1. The van der Waals surface area contributed by atoms with Gasteiger partial charge >= 0.3 is 0 Å². The zero-order chi connectivity index (χ0) is 23.3. The van der Waals surface area contributed by atoms with E-state index in [1.54, 1.807) is 36.2 Å². The highest BCUT2D eigenvalue weighted by atomic mass is 32.2. The van der Waals surface area contributed by atoms with Crippen molar-refractivity contribution in [1.29, 1.82) is 0 Å². The summed E-state index contributed by atoms with van der Waals surface area (Å²) in [6, 6.07) is 14.2. The third-order valence-electron chi connectivity index (χ3n) is 6.47. The fraction of sp³-hybridized carbons (Fsp3) is 0.480. The van der Waals surface area contributed by atoms with E-state index >= 15 is 0 Å². The minimum absolute atomic E-state index is 0.110. The number of carbonyl (C=O) groups is 1. The molecular formula is C25H35N3O3S.